The van der Waals surface area contributed by atoms with Gasteiger partial charge in [-0.15, -0.1) is 0 Å². The van der Waals surface area contributed by atoms with Crippen LogP contribution >= 0.6 is 0 Å². The van der Waals surface area contributed by atoms with Crippen LogP contribution in [-0.2, 0) is 6.54 Å². The summed E-state index contributed by atoms with van der Waals surface area (Å²) >= 11 is 0. The van der Waals surface area contributed by atoms with Gasteiger partial charge in [0.15, 0.2) is 0 Å². The molecule has 0 saturated heterocycles. The van der Waals surface area contributed by atoms with E-state index in [2.05, 4.69) is 15.6 Å². The summed E-state index contributed by atoms with van der Waals surface area (Å²) in [6, 6.07) is 11.1. The third kappa shape index (κ3) is 3.55. The van der Waals surface area contributed by atoms with Crippen LogP contribution in [0.5, 0.6) is 11.5 Å². The molecule has 1 aromatic heterocycles. The topological polar surface area (TPSA) is 63.2 Å². The van der Waals surface area contributed by atoms with Crippen molar-refractivity contribution in [1.29, 1.82) is 0 Å². The summed E-state index contributed by atoms with van der Waals surface area (Å²) in [5, 5.41) is 5.62. The van der Waals surface area contributed by atoms with Crippen LogP contribution in [0.3, 0.4) is 0 Å². The van der Waals surface area contributed by atoms with E-state index in [1.165, 1.54) is 5.56 Å². The molecule has 0 radical (unpaired) electrons. The van der Waals surface area contributed by atoms with Gasteiger partial charge in [0.05, 0.1) is 0 Å². The van der Waals surface area contributed by atoms with E-state index in [9.17, 15) is 4.79 Å². The number of hydrogen-bond acceptors (Lipinski definition) is 4. The largest absolute Gasteiger partial charge is 0.457 e. The lowest BCUT2D eigenvalue weighted by Gasteiger charge is -2.07. The van der Waals surface area contributed by atoms with Crippen LogP contribution in [0, 0.1) is 0 Å². The molecular formula is C15H17N3O2. The number of carbonyl (C=O) groups is 1. The van der Waals surface area contributed by atoms with Gasteiger partial charge in [0.1, 0.15) is 17.2 Å². The summed E-state index contributed by atoms with van der Waals surface area (Å²) in [4.78, 5) is 15.5. The Bertz CT molecular complexity index is 582. The number of carbonyl (C=O) groups excluding carboxylic acids is 1. The van der Waals surface area contributed by atoms with E-state index in [-0.39, 0.29) is 5.91 Å². The molecule has 0 saturated carbocycles. The Morgan fingerprint density at radius 1 is 1.15 bits per heavy atom. The standard InChI is InChI=1S/C15H17N3O2/c1-16-10-11-3-5-12(6-4-11)20-13-7-8-18-14(9-13)15(19)17-2/h3-9,16H,10H2,1-2H3,(H,17,19). The summed E-state index contributed by atoms with van der Waals surface area (Å²) in [6.45, 7) is 0.816. The molecule has 104 valence electrons. The Morgan fingerprint density at radius 3 is 2.55 bits per heavy atom. The molecule has 0 unspecified atom stereocenters. The Labute approximate surface area is 118 Å². The highest BCUT2D eigenvalue weighted by atomic mass is 16.5. The van der Waals surface area contributed by atoms with Crippen molar-refractivity contribution in [2.24, 2.45) is 0 Å². The zero-order valence-corrected chi connectivity index (χ0v) is 11.5. The molecule has 0 fully saturated rings. The van der Waals surface area contributed by atoms with Crippen molar-refractivity contribution in [2.45, 2.75) is 6.54 Å². The summed E-state index contributed by atoms with van der Waals surface area (Å²) in [5.41, 5.74) is 1.51. The highest BCUT2D eigenvalue weighted by Gasteiger charge is 2.06. The normalized spacial score (nSPS) is 10.1. The van der Waals surface area contributed by atoms with Crippen LogP contribution in [0.1, 0.15) is 16.1 Å². The molecule has 1 aromatic carbocycles. The number of benzene rings is 1. The van der Waals surface area contributed by atoms with Gasteiger partial charge in [0.25, 0.3) is 5.91 Å². The van der Waals surface area contributed by atoms with E-state index < -0.39 is 0 Å². The first-order valence-electron chi connectivity index (χ1n) is 6.32. The molecule has 2 aromatic rings. The van der Waals surface area contributed by atoms with Crippen molar-refractivity contribution in [3.05, 3.63) is 53.9 Å². The van der Waals surface area contributed by atoms with Crippen LogP contribution in [0.15, 0.2) is 42.6 Å². The lowest BCUT2D eigenvalue weighted by Crippen LogP contribution is -2.18. The van der Waals surface area contributed by atoms with Crippen LogP contribution in [-0.4, -0.2) is 25.0 Å². The quantitative estimate of drug-likeness (QED) is 0.872. The van der Waals surface area contributed by atoms with E-state index in [1.54, 1.807) is 25.4 Å². The first-order chi connectivity index (χ1) is 9.72. The third-order valence-electron chi connectivity index (χ3n) is 2.73. The number of ether oxygens (including phenoxy) is 1. The second kappa shape index (κ2) is 6.68. The molecule has 1 amide bonds. The number of pyridine rings is 1. The minimum atomic E-state index is -0.236. The van der Waals surface area contributed by atoms with Crippen molar-refractivity contribution >= 4 is 5.91 Å². The smallest absolute Gasteiger partial charge is 0.269 e. The van der Waals surface area contributed by atoms with E-state index >= 15 is 0 Å². The summed E-state index contributed by atoms with van der Waals surface area (Å²) < 4.78 is 5.71. The molecule has 0 aliphatic rings. The zero-order chi connectivity index (χ0) is 14.4. The molecular weight excluding hydrogens is 254 g/mol. The summed E-state index contributed by atoms with van der Waals surface area (Å²) in [7, 11) is 3.47. The third-order valence-corrected chi connectivity index (χ3v) is 2.73. The Balaban J connectivity index is 2.11. The van der Waals surface area contributed by atoms with Gasteiger partial charge in [-0.2, -0.15) is 0 Å². The van der Waals surface area contributed by atoms with Crippen LogP contribution in [0.2, 0.25) is 0 Å². The predicted octanol–water partition coefficient (Wildman–Crippen LogP) is 1.95. The second-order valence-electron chi connectivity index (χ2n) is 4.23. The van der Waals surface area contributed by atoms with E-state index in [0.717, 1.165) is 12.3 Å². The number of nitrogens with one attached hydrogen (secondary N) is 2. The van der Waals surface area contributed by atoms with E-state index in [1.807, 2.05) is 31.3 Å². The zero-order valence-electron chi connectivity index (χ0n) is 11.5. The van der Waals surface area contributed by atoms with Crippen molar-refractivity contribution in [1.82, 2.24) is 15.6 Å². The maximum absolute atomic E-state index is 11.5. The lowest BCUT2D eigenvalue weighted by atomic mass is 10.2. The molecule has 5 heteroatoms. The minimum absolute atomic E-state index is 0.236. The molecule has 0 atom stereocenters. The highest BCUT2D eigenvalue weighted by molar-refractivity contribution is 5.92. The van der Waals surface area contributed by atoms with Crippen LogP contribution in [0.4, 0.5) is 0 Å². The monoisotopic (exact) mass is 271 g/mol. The second-order valence-corrected chi connectivity index (χ2v) is 4.23. The average molecular weight is 271 g/mol. The van der Waals surface area contributed by atoms with Gasteiger partial charge < -0.3 is 15.4 Å². The number of hydrogen-bond donors (Lipinski definition) is 2. The van der Waals surface area contributed by atoms with E-state index in [4.69, 9.17) is 4.74 Å². The number of nitrogens with zero attached hydrogens (tertiary/aromatic N) is 1. The molecule has 2 N–H and O–H groups in total. The molecule has 5 nitrogen and oxygen atoms in total. The molecule has 20 heavy (non-hydrogen) atoms. The lowest BCUT2D eigenvalue weighted by molar-refractivity contribution is 0.0958. The van der Waals surface area contributed by atoms with Gasteiger partial charge >= 0.3 is 0 Å². The Hall–Kier alpha value is -2.40. The van der Waals surface area contributed by atoms with E-state index in [0.29, 0.717) is 11.4 Å². The van der Waals surface area contributed by atoms with Crippen LogP contribution in [0.25, 0.3) is 0 Å². The molecule has 0 bridgehead atoms. The van der Waals surface area contributed by atoms with Gasteiger partial charge in [0, 0.05) is 25.9 Å². The predicted molar refractivity (Wildman–Crippen MR) is 76.9 cm³/mol. The number of rotatable bonds is 5. The van der Waals surface area contributed by atoms with Gasteiger partial charge in [-0.25, -0.2) is 0 Å². The first-order valence-corrected chi connectivity index (χ1v) is 6.32. The van der Waals surface area contributed by atoms with Crippen molar-refractivity contribution in [3.63, 3.8) is 0 Å². The molecule has 2 rings (SSSR count). The summed E-state index contributed by atoms with van der Waals surface area (Å²) in [6.07, 6.45) is 1.55. The van der Waals surface area contributed by atoms with Crippen molar-refractivity contribution in [3.8, 4) is 11.5 Å². The molecule has 1 heterocycles. The Morgan fingerprint density at radius 2 is 1.90 bits per heavy atom. The maximum Gasteiger partial charge on any atom is 0.269 e. The average Bonchev–Trinajstić information content (AvgIpc) is 2.49. The number of amides is 1. The maximum atomic E-state index is 11.5. The fraction of sp³-hybridized carbons (Fsp3) is 0.200. The van der Waals surface area contributed by atoms with Gasteiger partial charge in [-0.3, -0.25) is 9.78 Å². The van der Waals surface area contributed by atoms with Crippen molar-refractivity contribution in [2.75, 3.05) is 14.1 Å². The SMILES string of the molecule is CNCc1ccc(Oc2ccnc(C(=O)NC)c2)cc1. The van der Waals surface area contributed by atoms with Crippen molar-refractivity contribution < 1.29 is 9.53 Å². The minimum Gasteiger partial charge on any atom is -0.457 e. The van der Waals surface area contributed by atoms with Crippen LogP contribution < -0.4 is 15.4 Å². The van der Waals surface area contributed by atoms with Gasteiger partial charge in [-0.05, 0) is 30.8 Å². The molecule has 0 spiro atoms. The fourth-order valence-electron chi connectivity index (χ4n) is 1.74. The first kappa shape index (κ1) is 14.0. The van der Waals surface area contributed by atoms with Gasteiger partial charge in [0.2, 0.25) is 0 Å². The Kier molecular flexibility index (Phi) is 4.68. The number of aromatic nitrogens is 1. The molecule has 0 aliphatic carbocycles. The van der Waals surface area contributed by atoms with Gasteiger partial charge in [-0.1, -0.05) is 12.1 Å². The molecule has 0 aliphatic heterocycles. The summed E-state index contributed by atoms with van der Waals surface area (Å²) in [5.74, 6) is 1.07. The highest BCUT2D eigenvalue weighted by Crippen LogP contribution is 2.21. The fourth-order valence-corrected chi connectivity index (χ4v) is 1.74.